The number of rotatable bonds is 6. The number of furan rings is 1. The lowest BCUT2D eigenvalue weighted by Gasteiger charge is -2.16. The minimum atomic E-state index is -3.75. The summed E-state index contributed by atoms with van der Waals surface area (Å²) in [6.45, 7) is 2.16. The van der Waals surface area contributed by atoms with Gasteiger partial charge in [0, 0.05) is 22.8 Å². The van der Waals surface area contributed by atoms with Gasteiger partial charge in [-0.15, -0.1) is 0 Å². The lowest BCUT2D eigenvalue weighted by Crippen LogP contribution is -2.26. The molecule has 3 rings (SSSR count). The molecule has 0 aliphatic heterocycles. The van der Waals surface area contributed by atoms with E-state index in [0.717, 1.165) is 10.2 Å². The van der Waals surface area contributed by atoms with Crippen LogP contribution in [0.3, 0.4) is 0 Å². The number of anilines is 1. The van der Waals surface area contributed by atoms with Crippen LogP contribution in [0.4, 0.5) is 5.69 Å². The summed E-state index contributed by atoms with van der Waals surface area (Å²) in [6, 6.07) is 16.4. The van der Waals surface area contributed by atoms with Crippen LogP contribution in [0.25, 0.3) is 0 Å². The Kier molecular flexibility index (Phi) is 5.90. The van der Waals surface area contributed by atoms with E-state index in [1.807, 2.05) is 19.1 Å². The van der Waals surface area contributed by atoms with Crippen molar-refractivity contribution in [1.29, 1.82) is 0 Å². The Morgan fingerprint density at radius 2 is 1.82 bits per heavy atom. The van der Waals surface area contributed by atoms with E-state index in [4.69, 9.17) is 4.42 Å². The number of carbonyl (C=O) groups is 1. The highest BCUT2D eigenvalue weighted by Gasteiger charge is 2.17. The van der Waals surface area contributed by atoms with Gasteiger partial charge in [0.15, 0.2) is 0 Å². The smallest absolute Gasteiger partial charge is 0.261 e. The molecule has 0 unspecified atom stereocenters. The number of hydrogen-bond acceptors (Lipinski definition) is 4. The molecule has 0 atom stereocenters. The van der Waals surface area contributed by atoms with Gasteiger partial charge < -0.3 is 9.32 Å². The maximum Gasteiger partial charge on any atom is 0.261 e. The van der Waals surface area contributed by atoms with Gasteiger partial charge in [-0.05, 0) is 61.5 Å². The maximum atomic E-state index is 12.7. The van der Waals surface area contributed by atoms with Crippen molar-refractivity contribution in [3.8, 4) is 0 Å². The number of nitrogens with zero attached hydrogens (tertiary/aromatic N) is 1. The fourth-order valence-corrected chi connectivity index (χ4v) is 3.95. The number of halogens is 1. The van der Waals surface area contributed by atoms with Crippen molar-refractivity contribution in [2.45, 2.75) is 18.4 Å². The van der Waals surface area contributed by atoms with E-state index < -0.39 is 10.0 Å². The van der Waals surface area contributed by atoms with Crippen LogP contribution < -0.4 is 4.72 Å². The molecule has 0 bridgehead atoms. The molecule has 28 heavy (non-hydrogen) atoms. The summed E-state index contributed by atoms with van der Waals surface area (Å²) in [7, 11) is -2.08. The minimum absolute atomic E-state index is 0.137. The van der Waals surface area contributed by atoms with Crippen molar-refractivity contribution in [2.75, 3.05) is 11.8 Å². The molecule has 1 N–H and O–H groups in total. The summed E-state index contributed by atoms with van der Waals surface area (Å²) < 4.78 is 33.9. The van der Waals surface area contributed by atoms with Gasteiger partial charge in [0.1, 0.15) is 11.5 Å². The van der Waals surface area contributed by atoms with E-state index >= 15 is 0 Å². The van der Waals surface area contributed by atoms with Crippen LogP contribution in [-0.2, 0) is 16.6 Å². The molecule has 6 nitrogen and oxygen atoms in total. The maximum absolute atomic E-state index is 12.7. The molecule has 146 valence electrons. The number of nitrogens with one attached hydrogen (secondary N) is 1. The van der Waals surface area contributed by atoms with E-state index in [9.17, 15) is 13.2 Å². The molecule has 0 spiro atoms. The van der Waals surface area contributed by atoms with Crippen molar-refractivity contribution >= 4 is 37.5 Å². The van der Waals surface area contributed by atoms with Gasteiger partial charge in [0.2, 0.25) is 0 Å². The largest absolute Gasteiger partial charge is 0.464 e. The van der Waals surface area contributed by atoms with E-state index in [2.05, 4.69) is 20.7 Å². The molecule has 0 aliphatic carbocycles. The zero-order chi connectivity index (χ0) is 20.3. The Hall–Kier alpha value is -2.58. The number of benzene rings is 2. The third-order valence-electron chi connectivity index (χ3n) is 4.02. The second-order valence-corrected chi connectivity index (χ2v) is 8.91. The molecule has 0 aliphatic rings. The van der Waals surface area contributed by atoms with Crippen LogP contribution in [0.15, 0.2) is 74.4 Å². The SMILES string of the molecule is Cc1ccc(CN(C)C(=O)c2cccc(NS(=O)(=O)c3ccc(Br)cc3)c2)o1. The Morgan fingerprint density at radius 1 is 1.11 bits per heavy atom. The van der Waals surface area contributed by atoms with Crippen molar-refractivity contribution in [3.05, 3.63) is 82.2 Å². The van der Waals surface area contributed by atoms with Crippen molar-refractivity contribution in [3.63, 3.8) is 0 Å². The molecule has 0 saturated heterocycles. The summed E-state index contributed by atoms with van der Waals surface area (Å²) in [6.07, 6.45) is 0. The Bertz CT molecular complexity index is 1090. The first-order valence-corrected chi connectivity index (χ1v) is 10.7. The first-order valence-electron chi connectivity index (χ1n) is 8.44. The van der Waals surface area contributed by atoms with Gasteiger partial charge in [-0.25, -0.2) is 8.42 Å². The molecule has 1 amide bonds. The molecule has 1 heterocycles. The highest BCUT2D eigenvalue weighted by molar-refractivity contribution is 9.10. The molecule has 2 aromatic carbocycles. The second-order valence-electron chi connectivity index (χ2n) is 6.31. The number of amides is 1. The number of sulfonamides is 1. The zero-order valence-corrected chi connectivity index (χ0v) is 17.7. The van der Waals surface area contributed by atoms with Gasteiger partial charge in [-0.1, -0.05) is 22.0 Å². The van der Waals surface area contributed by atoms with Crippen molar-refractivity contribution < 1.29 is 17.6 Å². The molecule has 0 fully saturated rings. The second kappa shape index (κ2) is 8.20. The number of aryl methyl sites for hydroxylation is 1. The quantitative estimate of drug-likeness (QED) is 0.587. The normalized spacial score (nSPS) is 11.2. The average molecular weight is 463 g/mol. The molecule has 0 radical (unpaired) electrons. The first-order chi connectivity index (χ1) is 13.2. The van der Waals surface area contributed by atoms with Crippen LogP contribution in [0.2, 0.25) is 0 Å². The zero-order valence-electron chi connectivity index (χ0n) is 15.3. The van der Waals surface area contributed by atoms with Crippen LogP contribution in [0.5, 0.6) is 0 Å². The lowest BCUT2D eigenvalue weighted by molar-refractivity contribution is 0.0775. The van der Waals surface area contributed by atoms with Crippen LogP contribution >= 0.6 is 15.9 Å². The Morgan fingerprint density at radius 3 is 2.46 bits per heavy atom. The highest BCUT2D eigenvalue weighted by atomic mass is 79.9. The third kappa shape index (κ3) is 4.82. The van der Waals surface area contributed by atoms with Crippen molar-refractivity contribution in [1.82, 2.24) is 4.90 Å². The number of hydrogen-bond donors (Lipinski definition) is 1. The standard InChI is InChI=1S/C20H19BrN2O4S/c1-14-6-9-18(27-14)13-23(2)20(24)15-4-3-5-17(12-15)22-28(25,26)19-10-7-16(21)8-11-19/h3-12,22H,13H2,1-2H3. The van der Waals surface area contributed by atoms with E-state index in [-0.39, 0.29) is 10.8 Å². The highest BCUT2D eigenvalue weighted by Crippen LogP contribution is 2.20. The van der Waals surface area contributed by atoms with Crippen molar-refractivity contribution in [2.24, 2.45) is 0 Å². The predicted molar refractivity (Wildman–Crippen MR) is 111 cm³/mol. The monoisotopic (exact) mass is 462 g/mol. The van der Waals surface area contributed by atoms with E-state index in [1.165, 1.54) is 23.1 Å². The van der Waals surface area contributed by atoms with Crippen LogP contribution in [0.1, 0.15) is 21.9 Å². The third-order valence-corrected chi connectivity index (χ3v) is 5.95. The first kappa shape index (κ1) is 20.2. The van der Waals surface area contributed by atoms with Gasteiger partial charge in [-0.2, -0.15) is 0 Å². The lowest BCUT2D eigenvalue weighted by atomic mass is 10.2. The molecule has 8 heteroatoms. The summed E-state index contributed by atoms with van der Waals surface area (Å²) >= 11 is 3.28. The minimum Gasteiger partial charge on any atom is -0.464 e. The Labute approximate surface area is 172 Å². The van der Waals surface area contributed by atoms with E-state index in [0.29, 0.717) is 23.6 Å². The predicted octanol–water partition coefficient (Wildman–Crippen LogP) is 4.42. The molecular formula is C20H19BrN2O4S. The van der Waals surface area contributed by atoms with Gasteiger partial charge in [-0.3, -0.25) is 9.52 Å². The van der Waals surface area contributed by atoms with Crippen LogP contribution in [0, 0.1) is 6.92 Å². The molecule has 3 aromatic rings. The summed E-state index contributed by atoms with van der Waals surface area (Å²) in [5, 5.41) is 0. The summed E-state index contributed by atoms with van der Waals surface area (Å²) in [4.78, 5) is 14.3. The molecular weight excluding hydrogens is 444 g/mol. The van der Waals surface area contributed by atoms with E-state index in [1.54, 1.807) is 37.4 Å². The van der Waals surface area contributed by atoms with Gasteiger partial charge in [0.25, 0.3) is 15.9 Å². The topological polar surface area (TPSA) is 79.6 Å². The average Bonchev–Trinajstić information content (AvgIpc) is 3.06. The van der Waals surface area contributed by atoms with Gasteiger partial charge in [0.05, 0.1) is 11.4 Å². The summed E-state index contributed by atoms with van der Waals surface area (Å²) in [5.74, 6) is 1.22. The number of carbonyl (C=O) groups excluding carboxylic acids is 1. The fraction of sp³-hybridized carbons (Fsp3) is 0.150. The fourth-order valence-electron chi connectivity index (χ4n) is 2.64. The van der Waals surface area contributed by atoms with Crippen LogP contribution in [-0.4, -0.2) is 26.3 Å². The molecule has 1 aromatic heterocycles. The molecule has 0 saturated carbocycles. The van der Waals surface area contributed by atoms with Gasteiger partial charge >= 0.3 is 0 Å². The Balaban J connectivity index is 1.76. The summed E-state index contributed by atoms with van der Waals surface area (Å²) in [5.41, 5.74) is 0.692.